The number of carbonyl (C=O) groups excluding carboxylic acids is 1. The number of ether oxygens (including phenoxy) is 1. The molecule has 0 unspecified atom stereocenters. The summed E-state index contributed by atoms with van der Waals surface area (Å²) in [5, 5.41) is 2.83. The van der Waals surface area contributed by atoms with E-state index in [1.165, 1.54) is 12.1 Å². The molecule has 0 aromatic heterocycles. The minimum Gasteiger partial charge on any atom is -0.406 e. The first-order valence-electron chi connectivity index (χ1n) is 7.70. The largest absolute Gasteiger partial charge is 0.573 e. The Balaban J connectivity index is 0.00000288. The summed E-state index contributed by atoms with van der Waals surface area (Å²) >= 11 is 0. The van der Waals surface area contributed by atoms with Crippen LogP contribution < -0.4 is 15.8 Å². The van der Waals surface area contributed by atoms with E-state index in [1.807, 2.05) is 0 Å². The van der Waals surface area contributed by atoms with Crippen molar-refractivity contribution in [1.29, 1.82) is 0 Å². The van der Waals surface area contributed by atoms with Gasteiger partial charge in [-0.1, -0.05) is 18.6 Å². The molecule has 1 aliphatic rings. The summed E-state index contributed by atoms with van der Waals surface area (Å²) in [6.45, 7) is 0.445. The molecule has 1 amide bonds. The van der Waals surface area contributed by atoms with E-state index in [0.717, 1.165) is 24.8 Å². The fourth-order valence-corrected chi connectivity index (χ4v) is 2.83. The van der Waals surface area contributed by atoms with Crippen LogP contribution in [0.25, 0.3) is 0 Å². The maximum absolute atomic E-state index is 12.0. The molecule has 24 heavy (non-hydrogen) atoms. The smallest absolute Gasteiger partial charge is 0.406 e. The molecule has 1 aromatic rings. The molecule has 1 aromatic carbocycles. The Hall–Kier alpha value is -1.47. The lowest BCUT2D eigenvalue weighted by Gasteiger charge is -2.14. The highest BCUT2D eigenvalue weighted by Gasteiger charge is 2.31. The number of benzene rings is 1. The van der Waals surface area contributed by atoms with Gasteiger partial charge in [0.15, 0.2) is 0 Å². The van der Waals surface area contributed by atoms with E-state index < -0.39 is 6.36 Å². The molecule has 136 valence electrons. The third kappa shape index (κ3) is 6.97. The van der Waals surface area contributed by atoms with Gasteiger partial charge < -0.3 is 15.8 Å². The molecule has 3 N–H and O–H groups in total. The standard InChI is InChI=1S/C16H21F3N2O2.ClH/c17-16(18,19)23-13-6-4-11(5-7-13)8-9-21-15(22)10-12-2-1-3-14(12)20;/h4-7,12,14H,1-3,8-10,20H2,(H,21,22);1H/t12-,14+;/m0./s1. The van der Waals surface area contributed by atoms with Crippen molar-refractivity contribution < 1.29 is 22.7 Å². The van der Waals surface area contributed by atoms with E-state index >= 15 is 0 Å². The molecular formula is C16H22ClF3N2O2. The third-order valence-electron chi connectivity index (χ3n) is 4.06. The SMILES string of the molecule is Cl.N[C@@H]1CCC[C@H]1CC(=O)NCCc1ccc(OC(F)(F)F)cc1. The lowest BCUT2D eigenvalue weighted by atomic mass is 10.00. The van der Waals surface area contributed by atoms with Crippen LogP contribution in [-0.4, -0.2) is 24.9 Å². The average molecular weight is 367 g/mol. The van der Waals surface area contributed by atoms with Crippen molar-refractivity contribution in [3.63, 3.8) is 0 Å². The Morgan fingerprint density at radius 1 is 1.25 bits per heavy atom. The fourth-order valence-electron chi connectivity index (χ4n) is 2.83. The highest BCUT2D eigenvalue weighted by atomic mass is 35.5. The lowest BCUT2D eigenvalue weighted by molar-refractivity contribution is -0.274. The monoisotopic (exact) mass is 366 g/mol. The Kier molecular flexibility index (Phi) is 7.83. The van der Waals surface area contributed by atoms with Crippen LogP contribution in [0.3, 0.4) is 0 Å². The zero-order valence-electron chi connectivity index (χ0n) is 13.1. The van der Waals surface area contributed by atoms with Gasteiger partial charge in [-0.15, -0.1) is 25.6 Å². The number of nitrogens with two attached hydrogens (primary N) is 1. The first-order chi connectivity index (χ1) is 10.8. The summed E-state index contributed by atoms with van der Waals surface area (Å²) in [6, 6.07) is 5.76. The maximum Gasteiger partial charge on any atom is 0.573 e. The van der Waals surface area contributed by atoms with Gasteiger partial charge in [0.2, 0.25) is 5.91 Å². The molecule has 2 rings (SSSR count). The molecule has 8 heteroatoms. The van der Waals surface area contributed by atoms with Crippen molar-refractivity contribution in [3.8, 4) is 5.75 Å². The van der Waals surface area contributed by atoms with Gasteiger partial charge in [-0.2, -0.15) is 0 Å². The molecule has 0 saturated heterocycles. The van der Waals surface area contributed by atoms with E-state index in [2.05, 4.69) is 10.1 Å². The van der Waals surface area contributed by atoms with Gasteiger partial charge in [-0.3, -0.25) is 4.79 Å². The fraction of sp³-hybridized carbons (Fsp3) is 0.562. The summed E-state index contributed by atoms with van der Waals surface area (Å²) < 4.78 is 40.0. The number of amides is 1. The number of alkyl halides is 3. The second-order valence-corrected chi connectivity index (χ2v) is 5.85. The van der Waals surface area contributed by atoms with E-state index in [-0.39, 0.29) is 36.0 Å². The number of hydrogen-bond donors (Lipinski definition) is 2. The van der Waals surface area contributed by atoms with Crippen LogP contribution in [0.1, 0.15) is 31.2 Å². The number of hydrogen-bond acceptors (Lipinski definition) is 3. The van der Waals surface area contributed by atoms with Crippen LogP contribution >= 0.6 is 12.4 Å². The normalized spacial score (nSPS) is 20.3. The van der Waals surface area contributed by atoms with Gasteiger partial charge in [0.25, 0.3) is 0 Å². The first kappa shape index (κ1) is 20.6. The molecule has 1 aliphatic carbocycles. The van der Waals surface area contributed by atoms with Crippen LogP contribution in [0, 0.1) is 5.92 Å². The van der Waals surface area contributed by atoms with E-state index in [1.54, 1.807) is 12.1 Å². The topological polar surface area (TPSA) is 64.4 Å². The molecule has 1 fully saturated rings. The highest BCUT2D eigenvalue weighted by Crippen LogP contribution is 2.26. The van der Waals surface area contributed by atoms with E-state index in [0.29, 0.717) is 19.4 Å². The number of carbonyl (C=O) groups is 1. The van der Waals surface area contributed by atoms with Gasteiger partial charge in [-0.25, -0.2) is 0 Å². The van der Waals surface area contributed by atoms with Crippen molar-refractivity contribution in [2.24, 2.45) is 11.7 Å². The van der Waals surface area contributed by atoms with Gasteiger partial charge in [0, 0.05) is 19.0 Å². The van der Waals surface area contributed by atoms with Crippen LogP contribution in [-0.2, 0) is 11.2 Å². The Morgan fingerprint density at radius 3 is 2.46 bits per heavy atom. The van der Waals surface area contributed by atoms with Crippen molar-refractivity contribution in [2.45, 2.75) is 44.5 Å². The summed E-state index contributed by atoms with van der Waals surface area (Å²) in [5.41, 5.74) is 6.76. The Morgan fingerprint density at radius 2 is 1.92 bits per heavy atom. The summed E-state index contributed by atoms with van der Waals surface area (Å²) in [4.78, 5) is 11.8. The van der Waals surface area contributed by atoms with Gasteiger partial charge in [0.1, 0.15) is 5.75 Å². The first-order valence-corrected chi connectivity index (χ1v) is 7.70. The molecule has 2 atom stereocenters. The zero-order valence-corrected chi connectivity index (χ0v) is 14.0. The van der Waals surface area contributed by atoms with Crippen molar-refractivity contribution in [1.82, 2.24) is 5.32 Å². The molecule has 0 spiro atoms. The van der Waals surface area contributed by atoms with Crippen molar-refractivity contribution in [2.75, 3.05) is 6.54 Å². The molecule has 1 saturated carbocycles. The molecular weight excluding hydrogens is 345 g/mol. The van der Waals surface area contributed by atoms with Crippen LogP contribution in [0.15, 0.2) is 24.3 Å². The van der Waals surface area contributed by atoms with Gasteiger partial charge in [-0.05, 0) is 42.9 Å². The Labute approximate surface area is 145 Å². The average Bonchev–Trinajstić information content (AvgIpc) is 2.84. The molecule has 0 radical (unpaired) electrons. The summed E-state index contributed by atoms with van der Waals surface area (Å²) in [6.07, 6.45) is -0.643. The van der Waals surface area contributed by atoms with Gasteiger partial charge >= 0.3 is 6.36 Å². The minimum absolute atomic E-state index is 0. The number of rotatable bonds is 6. The zero-order chi connectivity index (χ0) is 16.9. The molecule has 0 bridgehead atoms. The van der Waals surface area contributed by atoms with Crippen LogP contribution in [0.4, 0.5) is 13.2 Å². The van der Waals surface area contributed by atoms with Crippen LogP contribution in [0.2, 0.25) is 0 Å². The van der Waals surface area contributed by atoms with Crippen molar-refractivity contribution in [3.05, 3.63) is 29.8 Å². The predicted molar refractivity (Wildman–Crippen MR) is 87.0 cm³/mol. The quantitative estimate of drug-likeness (QED) is 0.812. The number of nitrogens with one attached hydrogen (secondary N) is 1. The third-order valence-corrected chi connectivity index (χ3v) is 4.06. The van der Waals surface area contributed by atoms with E-state index in [9.17, 15) is 18.0 Å². The number of halogens is 4. The van der Waals surface area contributed by atoms with E-state index in [4.69, 9.17) is 5.73 Å². The lowest BCUT2D eigenvalue weighted by Crippen LogP contribution is -2.32. The molecule has 4 nitrogen and oxygen atoms in total. The maximum atomic E-state index is 12.0. The van der Waals surface area contributed by atoms with Crippen molar-refractivity contribution >= 4 is 18.3 Å². The molecule has 0 heterocycles. The highest BCUT2D eigenvalue weighted by molar-refractivity contribution is 5.85. The summed E-state index contributed by atoms with van der Waals surface area (Å²) in [7, 11) is 0. The predicted octanol–water partition coefficient (Wildman–Crippen LogP) is 3.18. The van der Waals surface area contributed by atoms with Gasteiger partial charge in [0.05, 0.1) is 0 Å². The van der Waals surface area contributed by atoms with Crippen LogP contribution in [0.5, 0.6) is 5.75 Å². The summed E-state index contributed by atoms with van der Waals surface area (Å²) in [5.74, 6) is -0.0151. The second-order valence-electron chi connectivity index (χ2n) is 5.85. The second kappa shape index (κ2) is 9.13. The Bertz CT molecular complexity index is 523. The molecule has 0 aliphatic heterocycles. The minimum atomic E-state index is -4.68.